The van der Waals surface area contributed by atoms with E-state index in [1.165, 1.54) is 43.5 Å². The molecule has 130 valence electrons. The van der Waals surface area contributed by atoms with Gasteiger partial charge in [-0.05, 0) is 36.4 Å². The summed E-state index contributed by atoms with van der Waals surface area (Å²) in [6.07, 6.45) is 0. The van der Waals surface area contributed by atoms with Crippen LogP contribution in [0.25, 0.3) is 0 Å². The first-order chi connectivity index (χ1) is 11.3. The SMILES string of the molecule is COc1ccc(S(=O)(=O)NCCOS(=O)(=O)c2ccccc2)cc1. The molecule has 7 nitrogen and oxygen atoms in total. The van der Waals surface area contributed by atoms with Crippen molar-refractivity contribution in [1.29, 1.82) is 0 Å². The van der Waals surface area contributed by atoms with Gasteiger partial charge in [-0.15, -0.1) is 0 Å². The minimum absolute atomic E-state index is 0.0167. The van der Waals surface area contributed by atoms with E-state index in [2.05, 4.69) is 4.72 Å². The van der Waals surface area contributed by atoms with E-state index in [9.17, 15) is 16.8 Å². The molecule has 0 saturated heterocycles. The highest BCUT2D eigenvalue weighted by molar-refractivity contribution is 7.89. The quantitative estimate of drug-likeness (QED) is 0.556. The summed E-state index contributed by atoms with van der Waals surface area (Å²) in [6, 6.07) is 13.4. The predicted octanol–water partition coefficient (Wildman–Crippen LogP) is 1.38. The van der Waals surface area contributed by atoms with Gasteiger partial charge in [0.05, 0.1) is 23.5 Å². The molecule has 2 aromatic rings. The molecule has 0 spiro atoms. The van der Waals surface area contributed by atoms with Gasteiger partial charge in [0.1, 0.15) is 5.75 Å². The van der Waals surface area contributed by atoms with Crippen LogP contribution in [0.1, 0.15) is 0 Å². The van der Waals surface area contributed by atoms with Crippen molar-refractivity contribution in [3.63, 3.8) is 0 Å². The van der Waals surface area contributed by atoms with Gasteiger partial charge in [-0.1, -0.05) is 18.2 Å². The van der Waals surface area contributed by atoms with E-state index in [0.717, 1.165) is 0 Å². The van der Waals surface area contributed by atoms with E-state index < -0.39 is 20.1 Å². The summed E-state index contributed by atoms with van der Waals surface area (Å²) in [4.78, 5) is 0.0669. The van der Waals surface area contributed by atoms with Crippen molar-refractivity contribution < 1.29 is 25.8 Å². The van der Waals surface area contributed by atoms with Crippen LogP contribution < -0.4 is 9.46 Å². The van der Waals surface area contributed by atoms with Crippen molar-refractivity contribution in [2.24, 2.45) is 0 Å². The molecule has 0 aliphatic rings. The molecule has 2 aromatic carbocycles. The summed E-state index contributed by atoms with van der Waals surface area (Å²) in [5.74, 6) is 0.534. The van der Waals surface area contributed by atoms with Crippen molar-refractivity contribution in [2.45, 2.75) is 9.79 Å². The number of benzene rings is 2. The average molecular weight is 371 g/mol. The van der Waals surface area contributed by atoms with Crippen molar-refractivity contribution in [1.82, 2.24) is 4.72 Å². The summed E-state index contributed by atoms with van der Waals surface area (Å²) in [5.41, 5.74) is 0. The van der Waals surface area contributed by atoms with Gasteiger partial charge in [-0.25, -0.2) is 13.1 Å². The fraction of sp³-hybridized carbons (Fsp3) is 0.200. The highest BCUT2D eigenvalue weighted by Crippen LogP contribution is 2.15. The van der Waals surface area contributed by atoms with Gasteiger partial charge in [-0.2, -0.15) is 8.42 Å². The Hall–Kier alpha value is -1.94. The molecule has 0 heterocycles. The standard InChI is InChI=1S/C15H17NO6S2/c1-21-13-7-9-14(10-8-13)23(17,18)16-11-12-22-24(19,20)15-5-3-2-4-6-15/h2-10,16H,11-12H2,1H3. The molecule has 1 N–H and O–H groups in total. The maximum absolute atomic E-state index is 12.1. The molecule has 0 aliphatic heterocycles. The second-order valence-corrected chi connectivity index (χ2v) is 8.04. The lowest BCUT2D eigenvalue weighted by molar-refractivity contribution is 0.322. The van der Waals surface area contributed by atoms with Crippen molar-refractivity contribution in [3.8, 4) is 5.75 Å². The van der Waals surface area contributed by atoms with Crippen LogP contribution in [0.2, 0.25) is 0 Å². The Morgan fingerprint density at radius 2 is 1.50 bits per heavy atom. The third kappa shape index (κ3) is 4.78. The topological polar surface area (TPSA) is 98.8 Å². The van der Waals surface area contributed by atoms with E-state index in [1.807, 2.05) is 0 Å². The third-order valence-corrected chi connectivity index (χ3v) is 5.84. The van der Waals surface area contributed by atoms with E-state index in [4.69, 9.17) is 8.92 Å². The monoisotopic (exact) mass is 371 g/mol. The minimum atomic E-state index is -3.90. The average Bonchev–Trinajstić information content (AvgIpc) is 2.59. The lowest BCUT2D eigenvalue weighted by Gasteiger charge is -2.08. The van der Waals surface area contributed by atoms with Crippen LogP contribution in [-0.2, 0) is 24.3 Å². The number of hydrogen-bond acceptors (Lipinski definition) is 6. The summed E-state index contributed by atoms with van der Waals surface area (Å²) in [7, 11) is -6.17. The first-order valence-corrected chi connectivity index (χ1v) is 9.82. The molecular formula is C15H17NO6S2. The number of nitrogens with one attached hydrogen (secondary N) is 1. The molecule has 0 unspecified atom stereocenters. The summed E-state index contributed by atoms with van der Waals surface area (Å²) in [6.45, 7) is -0.493. The van der Waals surface area contributed by atoms with Crippen molar-refractivity contribution >= 4 is 20.1 Å². The Morgan fingerprint density at radius 3 is 2.08 bits per heavy atom. The van der Waals surface area contributed by atoms with Crippen LogP contribution in [0.3, 0.4) is 0 Å². The molecule has 9 heteroatoms. The number of hydrogen-bond donors (Lipinski definition) is 1. The summed E-state index contributed by atoms with van der Waals surface area (Å²) >= 11 is 0. The zero-order valence-electron chi connectivity index (χ0n) is 12.9. The molecule has 0 bridgehead atoms. The number of rotatable bonds is 8. The van der Waals surface area contributed by atoms with Crippen LogP contribution in [-0.4, -0.2) is 37.1 Å². The van der Waals surface area contributed by atoms with Gasteiger partial charge >= 0.3 is 0 Å². The van der Waals surface area contributed by atoms with Gasteiger partial charge in [0.2, 0.25) is 10.0 Å². The smallest absolute Gasteiger partial charge is 0.297 e. The Kier molecular flexibility index (Phi) is 5.94. The summed E-state index contributed by atoms with van der Waals surface area (Å²) < 4.78 is 60.0. The Morgan fingerprint density at radius 1 is 0.875 bits per heavy atom. The number of ether oxygens (including phenoxy) is 1. The van der Waals surface area contributed by atoms with Gasteiger partial charge in [0.15, 0.2) is 0 Å². The maximum Gasteiger partial charge on any atom is 0.297 e. The first kappa shape index (κ1) is 18.4. The normalized spacial score (nSPS) is 12.0. The molecule has 24 heavy (non-hydrogen) atoms. The molecule has 2 rings (SSSR count). The van der Waals surface area contributed by atoms with Crippen LogP contribution in [0.15, 0.2) is 64.4 Å². The second-order valence-electron chi connectivity index (χ2n) is 4.66. The maximum atomic E-state index is 12.1. The van der Waals surface area contributed by atoms with E-state index >= 15 is 0 Å². The van der Waals surface area contributed by atoms with E-state index in [0.29, 0.717) is 5.75 Å². The Bertz CT molecular complexity index is 862. The van der Waals surface area contributed by atoms with Crippen LogP contribution in [0, 0.1) is 0 Å². The highest BCUT2D eigenvalue weighted by atomic mass is 32.2. The van der Waals surface area contributed by atoms with Crippen molar-refractivity contribution in [2.75, 3.05) is 20.3 Å². The first-order valence-electron chi connectivity index (χ1n) is 6.93. The van der Waals surface area contributed by atoms with Gasteiger partial charge in [-0.3, -0.25) is 4.18 Å². The zero-order chi connectivity index (χ0) is 17.6. The Labute approximate surface area is 141 Å². The molecule has 0 amide bonds. The lowest BCUT2D eigenvalue weighted by Crippen LogP contribution is -2.28. The molecule has 0 saturated carbocycles. The van der Waals surface area contributed by atoms with E-state index in [-0.39, 0.29) is 22.9 Å². The van der Waals surface area contributed by atoms with E-state index in [1.54, 1.807) is 18.2 Å². The number of methoxy groups -OCH3 is 1. The minimum Gasteiger partial charge on any atom is -0.497 e. The fourth-order valence-corrected chi connectivity index (χ4v) is 3.76. The summed E-state index contributed by atoms with van der Waals surface area (Å²) in [5, 5.41) is 0. The lowest BCUT2D eigenvalue weighted by atomic mass is 10.3. The van der Waals surface area contributed by atoms with Crippen molar-refractivity contribution in [3.05, 3.63) is 54.6 Å². The molecule has 0 radical (unpaired) electrons. The third-order valence-electron chi connectivity index (χ3n) is 3.03. The molecular weight excluding hydrogens is 354 g/mol. The highest BCUT2D eigenvalue weighted by Gasteiger charge is 2.16. The predicted molar refractivity (Wildman–Crippen MR) is 87.8 cm³/mol. The van der Waals surface area contributed by atoms with Crippen LogP contribution >= 0.6 is 0 Å². The molecule has 0 aromatic heterocycles. The van der Waals surface area contributed by atoms with Crippen LogP contribution in [0.5, 0.6) is 5.75 Å². The fourth-order valence-electron chi connectivity index (χ4n) is 1.82. The Balaban J connectivity index is 1.91. The van der Waals surface area contributed by atoms with Crippen LogP contribution in [0.4, 0.5) is 0 Å². The van der Waals surface area contributed by atoms with Gasteiger partial charge in [0.25, 0.3) is 10.1 Å². The number of sulfonamides is 1. The molecule has 0 aliphatic carbocycles. The molecule has 0 fully saturated rings. The molecule has 0 atom stereocenters. The largest absolute Gasteiger partial charge is 0.497 e. The van der Waals surface area contributed by atoms with Gasteiger partial charge in [0, 0.05) is 6.54 Å². The second kappa shape index (κ2) is 7.75. The zero-order valence-corrected chi connectivity index (χ0v) is 14.5. The van der Waals surface area contributed by atoms with Gasteiger partial charge < -0.3 is 4.74 Å².